The van der Waals surface area contributed by atoms with E-state index in [1.54, 1.807) is 12.1 Å². The predicted molar refractivity (Wildman–Crippen MR) is 221 cm³/mol. The lowest BCUT2D eigenvalue weighted by molar-refractivity contribution is -0.0336. The summed E-state index contributed by atoms with van der Waals surface area (Å²) in [5.41, 5.74) is 7.02. The first kappa shape index (κ1) is 38.0. The number of aliphatic hydroxyl groups excluding tert-OH is 1. The van der Waals surface area contributed by atoms with E-state index < -0.39 is 6.10 Å². The maximum absolute atomic E-state index is 13.2. The molecule has 292 valence electrons. The molecule has 3 fully saturated rings. The van der Waals surface area contributed by atoms with Crippen molar-refractivity contribution in [2.45, 2.75) is 44.1 Å². The molecule has 5 aromatic carbocycles. The number of piperidine rings is 3. The van der Waals surface area contributed by atoms with Crippen molar-refractivity contribution in [2.24, 2.45) is 5.92 Å². The van der Waals surface area contributed by atoms with Crippen LogP contribution in [0.5, 0.6) is 11.5 Å². The molecular formula is C47H48N4O6. The quantitative estimate of drug-likeness (QED) is 0.0783. The Balaban J connectivity index is 0.825. The lowest BCUT2D eigenvalue weighted by atomic mass is 9.86. The van der Waals surface area contributed by atoms with E-state index >= 15 is 0 Å². The lowest BCUT2D eigenvalue weighted by Gasteiger charge is -2.43. The number of aromatic hydroxyl groups is 1. The van der Waals surface area contributed by atoms with Gasteiger partial charge in [-0.25, -0.2) is 4.79 Å². The van der Waals surface area contributed by atoms with Crippen LogP contribution in [-0.4, -0.2) is 65.1 Å². The number of nitrogens with zero attached hydrogens (tertiary/aromatic N) is 1. The van der Waals surface area contributed by atoms with E-state index in [-0.39, 0.29) is 29.5 Å². The van der Waals surface area contributed by atoms with Crippen LogP contribution in [-0.2, 0) is 17.7 Å². The van der Waals surface area contributed by atoms with Crippen molar-refractivity contribution < 1.29 is 24.5 Å². The van der Waals surface area contributed by atoms with Gasteiger partial charge >= 0.3 is 6.09 Å². The van der Waals surface area contributed by atoms with Gasteiger partial charge < -0.3 is 35.3 Å². The highest BCUT2D eigenvalue weighted by Gasteiger charge is 2.37. The Bertz CT molecular complexity index is 2340. The highest BCUT2D eigenvalue weighted by Crippen LogP contribution is 2.32. The maximum atomic E-state index is 13.2. The monoisotopic (exact) mass is 764 g/mol. The van der Waals surface area contributed by atoms with Crippen LogP contribution in [0.2, 0.25) is 0 Å². The van der Waals surface area contributed by atoms with Gasteiger partial charge in [0.15, 0.2) is 0 Å². The van der Waals surface area contributed by atoms with E-state index in [4.69, 9.17) is 9.47 Å². The zero-order valence-corrected chi connectivity index (χ0v) is 31.8. The molecule has 0 saturated carbocycles. The summed E-state index contributed by atoms with van der Waals surface area (Å²) < 4.78 is 12.2. The molecule has 0 aliphatic carbocycles. The normalized spacial score (nSPS) is 18.5. The molecule has 10 nitrogen and oxygen atoms in total. The molecule has 0 radical (unpaired) electrons. The van der Waals surface area contributed by atoms with Gasteiger partial charge in [0, 0.05) is 37.5 Å². The molecule has 3 aliphatic heterocycles. The van der Waals surface area contributed by atoms with Gasteiger partial charge in [-0.05, 0) is 95.1 Å². The van der Waals surface area contributed by atoms with Crippen molar-refractivity contribution in [3.05, 3.63) is 166 Å². The van der Waals surface area contributed by atoms with Crippen LogP contribution < -0.4 is 20.9 Å². The fraction of sp³-hybridized carbons (Fsp3) is 0.277. The van der Waals surface area contributed by atoms with E-state index in [9.17, 15) is 19.8 Å². The summed E-state index contributed by atoms with van der Waals surface area (Å²) in [5.74, 6) is 1.15. The number of amides is 1. The molecule has 3 saturated heterocycles. The summed E-state index contributed by atoms with van der Waals surface area (Å²) in [7, 11) is 0. The lowest BCUT2D eigenvalue weighted by Crippen LogP contribution is -2.52. The number of phenolic OH excluding ortho intramolecular Hbond substituents is 1. The number of aliphatic hydroxyl groups is 1. The minimum absolute atomic E-state index is 0.0318. The van der Waals surface area contributed by atoms with E-state index in [0.29, 0.717) is 42.1 Å². The number of H-pyrrole nitrogens is 1. The Labute approximate surface area is 332 Å². The Morgan fingerprint density at radius 2 is 1.54 bits per heavy atom. The predicted octanol–water partition coefficient (Wildman–Crippen LogP) is 7.26. The number of fused-ring (bicyclic) bond motifs is 4. The molecule has 3 atom stereocenters. The van der Waals surface area contributed by atoms with Crippen LogP contribution in [0, 0.1) is 5.92 Å². The number of pyridine rings is 1. The molecule has 0 spiro atoms. The summed E-state index contributed by atoms with van der Waals surface area (Å²) in [5, 5.41) is 28.1. The minimum atomic E-state index is -0.821. The van der Waals surface area contributed by atoms with Crippen LogP contribution in [0.4, 0.5) is 4.79 Å². The number of rotatable bonds is 14. The number of carbonyl (C=O) groups excluding carboxylic acids is 1. The van der Waals surface area contributed by atoms with Crippen molar-refractivity contribution in [1.29, 1.82) is 0 Å². The van der Waals surface area contributed by atoms with Gasteiger partial charge in [-0.3, -0.25) is 9.69 Å². The highest BCUT2D eigenvalue weighted by atomic mass is 16.6. The molecule has 5 N–H and O–H groups in total. The second kappa shape index (κ2) is 17.5. The number of aromatic amines is 1. The third kappa shape index (κ3) is 9.21. The maximum Gasteiger partial charge on any atom is 0.408 e. The molecule has 57 heavy (non-hydrogen) atoms. The Morgan fingerprint density at radius 1 is 0.825 bits per heavy atom. The van der Waals surface area contributed by atoms with Crippen molar-refractivity contribution in [3.63, 3.8) is 0 Å². The number of aromatic nitrogens is 1. The largest absolute Gasteiger partial charge is 0.506 e. The Hall–Kier alpha value is -5.94. The number of alkyl carbamates (subject to hydrolysis) is 1. The minimum Gasteiger partial charge on any atom is -0.506 e. The molecule has 2 bridgehead atoms. The van der Waals surface area contributed by atoms with E-state index in [1.165, 1.54) is 17.7 Å². The molecule has 10 heteroatoms. The molecule has 4 heterocycles. The number of ether oxygens (including phenoxy) is 2. The first-order chi connectivity index (χ1) is 27.9. The Kier molecular flexibility index (Phi) is 11.6. The zero-order valence-electron chi connectivity index (χ0n) is 31.8. The summed E-state index contributed by atoms with van der Waals surface area (Å²) in [4.78, 5) is 30.0. The van der Waals surface area contributed by atoms with Gasteiger partial charge in [0.1, 0.15) is 17.6 Å². The van der Waals surface area contributed by atoms with Gasteiger partial charge in [-0.1, -0.05) is 97.1 Å². The molecule has 6 aromatic rings. The zero-order chi connectivity index (χ0) is 39.1. The fourth-order valence-corrected chi connectivity index (χ4v) is 8.10. The van der Waals surface area contributed by atoms with Crippen molar-refractivity contribution in [2.75, 3.05) is 32.8 Å². The first-order valence-electron chi connectivity index (χ1n) is 19.8. The van der Waals surface area contributed by atoms with E-state index in [2.05, 4.69) is 69.0 Å². The fourth-order valence-electron chi connectivity index (χ4n) is 8.10. The van der Waals surface area contributed by atoms with Crippen LogP contribution in [0.15, 0.2) is 132 Å². The second-order valence-corrected chi connectivity index (χ2v) is 15.1. The average Bonchev–Trinajstić information content (AvgIpc) is 3.24. The van der Waals surface area contributed by atoms with E-state index in [1.807, 2.05) is 54.6 Å². The van der Waals surface area contributed by atoms with Gasteiger partial charge in [0.2, 0.25) is 5.56 Å². The number of carbonyl (C=O) groups is 1. The van der Waals surface area contributed by atoms with Crippen molar-refractivity contribution in [1.82, 2.24) is 20.5 Å². The first-order valence-corrected chi connectivity index (χ1v) is 19.8. The van der Waals surface area contributed by atoms with Crippen molar-refractivity contribution in [3.8, 4) is 22.6 Å². The van der Waals surface area contributed by atoms with Crippen LogP contribution in [0.3, 0.4) is 0 Å². The molecule has 9 rings (SSSR count). The molecule has 3 unspecified atom stereocenters. The summed E-state index contributed by atoms with van der Waals surface area (Å²) in [6.45, 7) is 4.39. The van der Waals surface area contributed by atoms with Crippen molar-refractivity contribution >= 4 is 17.0 Å². The number of hydrogen-bond donors (Lipinski definition) is 5. The molecule has 3 aliphatic rings. The number of nitrogens with one attached hydrogen (secondary N) is 3. The highest BCUT2D eigenvalue weighted by molar-refractivity contribution is 5.87. The summed E-state index contributed by atoms with van der Waals surface area (Å²) in [6.07, 6.45) is 1.64. The summed E-state index contributed by atoms with van der Waals surface area (Å²) >= 11 is 0. The number of benzene rings is 5. The second-order valence-electron chi connectivity index (χ2n) is 15.1. The summed E-state index contributed by atoms with van der Waals surface area (Å²) in [6, 6.07) is 40.5. The van der Waals surface area contributed by atoms with E-state index in [0.717, 1.165) is 72.5 Å². The Morgan fingerprint density at radius 3 is 2.26 bits per heavy atom. The van der Waals surface area contributed by atoms with Gasteiger partial charge in [0.25, 0.3) is 0 Å². The molecule has 1 amide bonds. The third-order valence-corrected chi connectivity index (χ3v) is 11.3. The number of hydrogen-bond acceptors (Lipinski definition) is 8. The van der Waals surface area contributed by atoms with Gasteiger partial charge in [-0.2, -0.15) is 0 Å². The topological polar surface area (TPSA) is 136 Å². The molecular weight excluding hydrogens is 717 g/mol. The average molecular weight is 765 g/mol. The van der Waals surface area contributed by atoms with Crippen LogP contribution in [0.25, 0.3) is 22.0 Å². The van der Waals surface area contributed by atoms with Gasteiger partial charge in [-0.15, -0.1) is 0 Å². The van der Waals surface area contributed by atoms with Crippen LogP contribution in [0.1, 0.15) is 52.8 Å². The third-order valence-electron chi connectivity index (χ3n) is 11.3. The van der Waals surface area contributed by atoms with Crippen LogP contribution >= 0.6 is 0 Å². The van der Waals surface area contributed by atoms with Gasteiger partial charge in [0.05, 0.1) is 24.3 Å². The standard InChI is InChI=1S/C47H48N4O6/c52-41-19-17-39(40-18-20-44(54)49-46(40)41)42(53)29-48-28-32-11-15-34(16-12-32)33-13-9-31(10-14-33)23-26-56-38-8-4-7-37(27-38)45(36-5-2-1-3-6-36)50-47(55)57-43-30-51-24-21-35(43)22-25-51/h1-20,27,35,42-43,45,48,52-53H,21-26,28-30H2,(H,49,54)(H,50,55). The number of phenols is 1. The molecule has 1 aromatic heterocycles. The SMILES string of the molecule is O=C(NC(c1ccccc1)c1cccc(OCCc2ccc(-c3ccc(CNCC(O)c4ccc(O)c5[nH]c(=O)ccc45)cc3)cc2)c1)OC1CN2CCC1CC2. The smallest absolute Gasteiger partial charge is 0.408 e.